The minimum atomic E-state index is -1.14. The Morgan fingerprint density at radius 2 is 2.12 bits per heavy atom. The largest absolute Gasteiger partial charge is 0.496 e. The fourth-order valence-corrected chi connectivity index (χ4v) is 2.19. The van der Waals surface area contributed by atoms with Gasteiger partial charge in [0.1, 0.15) is 11.4 Å². The summed E-state index contributed by atoms with van der Waals surface area (Å²) < 4.78 is 5.31. The number of nitrogens with two attached hydrogens (primary N) is 1. The number of aryl methyl sites for hydroxylation is 1. The van der Waals surface area contributed by atoms with Crippen molar-refractivity contribution in [3.05, 3.63) is 27.8 Å². The van der Waals surface area contributed by atoms with Crippen LogP contribution in [0, 0.1) is 13.8 Å². The molecule has 0 saturated heterocycles. The lowest BCUT2D eigenvalue weighted by molar-refractivity contribution is 0.0540. The molecule has 0 aliphatic carbocycles. The number of rotatable bonds is 4. The van der Waals surface area contributed by atoms with Crippen molar-refractivity contribution >= 4 is 11.6 Å². The van der Waals surface area contributed by atoms with E-state index >= 15 is 0 Å². The summed E-state index contributed by atoms with van der Waals surface area (Å²) >= 11 is 6.20. The lowest BCUT2D eigenvalue weighted by Gasteiger charge is -2.28. The van der Waals surface area contributed by atoms with Gasteiger partial charge >= 0.3 is 0 Å². The third-order valence-electron chi connectivity index (χ3n) is 2.85. The quantitative estimate of drug-likeness (QED) is 0.567. The van der Waals surface area contributed by atoms with Crippen LogP contribution in [0.4, 0.5) is 0 Å². The standard InChI is InChI=1S/C12H19ClN2O2/c1-7-5-9(17-4)10(8(2)11(7)13)12(3,16)6-15-14/h5,15-16H,6,14H2,1-4H3. The molecule has 4 N–H and O–H groups in total. The number of methoxy groups -OCH3 is 1. The molecule has 0 bridgehead atoms. The topological polar surface area (TPSA) is 67.5 Å². The van der Waals surface area contributed by atoms with Crippen LogP contribution in [0.5, 0.6) is 5.75 Å². The Kier molecular flexibility index (Phi) is 4.38. The van der Waals surface area contributed by atoms with Gasteiger partial charge in [0.2, 0.25) is 0 Å². The second-order valence-electron chi connectivity index (χ2n) is 4.36. The van der Waals surface area contributed by atoms with Crippen molar-refractivity contribution in [2.75, 3.05) is 13.7 Å². The number of benzene rings is 1. The van der Waals surface area contributed by atoms with Gasteiger partial charge in [-0.05, 0) is 38.0 Å². The summed E-state index contributed by atoms with van der Waals surface area (Å²) in [6.07, 6.45) is 0. The monoisotopic (exact) mass is 258 g/mol. The Hall–Kier alpha value is -0.810. The van der Waals surface area contributed by atoms with Gasteiger partial charge in [0.05, 0.1) is 7.11 Å². The average Bonchev–Trinajstić information content (AvgIpc) is 2.24. The highest BCUT2D eigenvalue weighted by Gasteiger charge is 2.29. The summed E-state index contributed by atoms with van der Waals surface area (Å²) in [6.45, 7) is 5.64. The predicted molar refractivity (Wildman–Crippen MR) is 69.2 cm³/mol. The van der Waals surface area contributed by atoms with Crippen LogP contribution in [0.15, 0.2) is 6.07 Å². The van der Waals surface area contributed by atoms with Crippen molar-refractivity contribution < 1.29 is 9.84 Å². The molecule has 0 heterocycles. The van der Waals surface area contributed by atoms with E-state index in [2.05, 4.69) is 5.43 Å². The maximum atomic E-state index is 10.4. The molecule has 4 nitrogen and oxygen atoms in total. The first-order valence-electron chi connectivity index (χ1n) is 5.35. The second kappa shape index (κ2) is 5.23. The first-order chi connectivity index (χ1) is 7.85. The zero-order valence-electron chi connectivity index (χ0n) is 10.6. The van der Waals surface area contributed by atoms with Gasteiger partial charge in [-0.25, -0.2) is 0 Å². The van der Waals surface area contributed by atoms with Crippen molar-refractivity contribution in [3.63, 3.8) is 0 Å². The van der Waals surface area contributed by atoms with E-state index in [9.17, 15) is 5.11 Å². The molecule has 1 aromatic carbocycles. The van der Waals surface area contributed by atoms with Crippen molar-refractivity contribution in [2.45, 2.75) is 26.4 Å². The third-order valence-corrected chi connectivity index (χ3v) is 3.43. The Morgan fingerprint density at radius 1 is 1.53 bits per heavy atom. The van der Waals surface area contributed by atoms with Crippen molar-refractivity contribution in [1.29, 1.82) is 0 Å². The Morgan fingerprint density at radius 3 is 2.59 bits per heavy atom. The molecule has 0 amide bonds. The SMILES string of the molecule is COc1cc(C)c(Cl)c(C)c1C(C)(O)CNN. The third kappa shape index (κ3) is 2.72. The molecule has 0 aromatic heterocycles. The number of hydrogen-bond acceptors (Lipinski definition) is 4. The number of halogens is 1. The van der Waals surface area contributed by atoms with E-state index in [1.807, 2.05) is 19.9 Å². The van der Waals surface area contributed by atoms with Crippen LogP contribution in [-0.4, -0.2) is 18.8 Å². The van der Waals surface area contributed by atoms with E-state index in [1.165, 1.54) is 0 Å². The Labute approximate surface area is 107 Å². The van der Waals surface area contributed by atoms with E-state index in [1.54, 1.807) is 14.0 Å². The Bertz CT molecular complexity index is 419. The summed E-state index contributed by atoms with van der Waals surface area (Å²) in [5.74, 6) is 5.89. The maximum absolute atomic E-state index is 10.4. The lowest BCUT2D eigenvalue weighted by atomic mass is 9.89. The van der Waals surface area contributed by atoms with Gasteiger partial charge in [-0.15, -0.1) is 0 Å². The zero-order valence-corrected chi connectivity index (χ0v) is 11.4. The molecule has 0 fully saturated rings. The first kappa shape index (κ1) is 14.3. The molecular formula is C12H19ClN2O2. The van der Waals surface area contributed by atoms with Crippen LogP contribution in [0.1, 0.15) is 23.6 Å². The minimum Gasteiger partial charge on any atom is -0.496 e. The van der Waals surface area contributed by atoms with Gasteiger partial charge < -0.3 is 9.84 Å². The highest BCUT2D eigenvalue weighted by atomic mass is 35.5. The molecule has 0 aliphatic heterocycles. The highest BCUT2D eigenvalue weighted by molar-refractivity contribution is 6.32. The van der Waals surface area contributed by atoms with Crippen molar-refractivity contribution in [2.24, 2.45) is 5.84 Å². The lowest BCUT2D eigenvalue weighted by Crippen LogP contribution is -2.39. The molecule has 0 saturated carbocycles. The van der Waals surface area contributed by atoms with Crippen LogP contribution >= 0.6 is 11.6 Å². The normalized spacial score (nSPS) is 14.5. The summed E-state index contributed by atoms with van der Waals surface area (Å²) in [4.78, 5) is 0. The number of hydrazine groups is 1. The molecule has 0 spiro atoms. The fourth-order valence-electron chi connectivity index (χ4n) is 2.04. The average molecular weight is 259 g/mol. The van der Waals surface area contributed by atoms with Gasteiger partial charge in [-0.2, -0.15) is 0 Å². The molecule has 1 atom stereocenters. The molecular weight excluding hydrogens is 240 g/mol. The maximum Gasteiger partial charge on any atom is 0.125 e. The van der Waals surface area contributed by atoms with E-state index in [0.717, 1.165) is 11.1 Å². The summed E-state index contributed by atoms with van der Waals surface area (Å²) in [7, 11) is 1.57. The molecule has 0 radical (unpaired) electrons. The van der Waals surface area contributed by atoms with E-state index in [-0.39, 0.29) is 6.54 Å². The van der Waals surface area contributed by atoms with E-state index < -0.39 is 5.60 Å². The summed E-state index contributed by atoms with van der Waals surface area (Å²) in [5, 5.41) is 11.0. The van der Waals surface area contributed by atoms with E-state index in [0.29, 0.717) is 16.3 Å². The van der Waals surface area contributed by atoms with Crippen LogP contribution in [-0.2, 0) is 5.60 Å². The number of nitrogens with one attached hydrogen (secondary N) is 1. The molecule has 5 heteroatoms. The van der Waals surface area contributed by atoms with Crippen molar-refractivity contribution in [3.8, 4) is 5.75 Å². The summed E-state index contributed by atoms with van der Waals surface area (Å²) in [5.41, 5.74) is 3.72. The van der Waals surface area contributed by atoms with Crippen LogP contribution in [0.3, 0.4) is 0 Å². The van der Waals surface area contributed by atoms with Gasteiger partial charge in [0.25, 0.3) is 0 Å². The van der Waals surface area contributed by atoms with E-state index in [4.69, 9.17) is 22.2 Å². The smallest absolute Gasteiger partial charge is 0.125 e. The second-order valence-corrected chi connectivity index (χ2v) is 4.74. The molecule has 1 rings (SSSR count). The van der Waals surface area contributed by atoms with Crippen LogP contribution in [0.25, 0.3) is 0 Å². The number of aliphatic hydroxyl groups is 1. The summed E-state index contributed by atoms with van der Waals surface area (Å²) in [6, 6.07) is 1.82. The van der Waals surface area contributed by atoms with Crippen molar-refractivity contribution in [1.82, 2.24) is 5.43 Å². The molecule has 96 valence electrons. The Balaban J connectivity index is 3.45. The zero-order chi connectivity index (χ0) is 13.2. The van der Waals surface area contributed by atoms with Crippen LogP contribution < -0.4 is 16.0 Å². The molecule has 1 unspecified atom stereocenters. The van der Waals surface area contributed by atoms with Gasteiger partial charge in [-0.3, -0.25) is 11.3 Å². The predicted octanol–water partition coefficient (Wildman–Crippen LogP) is 1.64. The molecule has 0 aliphatic rings. The van der Waals surface area contributed by atoms with Gasteiger partial charge in [0, 0.05) is 17.1 Å². The van der Waals surface area contributed by atoms with Gasteiger partial charge in [0.15, 0.2) is 0 Å². The first-order valence-corrected chi connectivity index (χ1v) is 5.73. The van der Waals surface area contributed by atoms with Gasteiger partial charge in [-0.1, -0.05) is 11.6 Å². The number of hydrogen-bond donors (Lipinski definition) is 3. The minimum absolute atomic E-state index is 0.212. The number of ether oxygens (including phenoxy) is 1. The molecule has 1 aromatic rings. The fraction of sp³-hybridized carbons (Fsp3) is 0.500. The molecule has 17 heavy (non-hydrogen) atoms. The highest BCUT2D eigenvalue weighted by Crippen LogP contribution is 2.38. The van der Waals surface area contributed by atoms with Crippen LogP contribution in [0.2, 0.25) is 5.02 Å².